The van der Waals surface area contributed by atoms with Crippen molar-refractivity contribution in [1.82, 2.24) is 9.97 Å². The molecule has 1 amide bonds. The molecular weight excluding hydrogens is 474 g/mol. The van der Waals surface area contributed by atoms with Gasteiger partial charge >= 0.3 is 0 Å². The zero-order chi connectivity index (χ0) is 26.0. The lowest BCUT2D eigenvalue weighted by Gasteiger charge is -2.15. The Kier molecular flexibility index (Phi) is 7.00. The van der Waals surface area contributed by atoms with E-state index < -0.39 is 46.7 Å². The molecule has 5 nitrogen and oxygen atoms in total. The van der Waals surface area contributed by atoms with Gasteiger partial charge in [-0.3, -0.25) is 4.79 Å². The number of phenolic OH excluding ortho intramolecular Hbond substituents is 1. The molecule has 2 N–H and O–H groups in total. The topological polar surface area (TPSA) is 75.1 Å². The van der Waals surface area contributed by atoms with Crippen LogP contribution in [0.15, 0.2) is 54.6 Å². The molecule has 0 aliphatic heterocycles. The Balaban J connectivity index is 1.70. The van der Waals surface area contributed by atoms with Crippen LogP contribution in [0, 0.1) is 37.1 Å². The predicted octanol–water partition coefficient (Wildman–Crippen LogP) is 5.79. The summed E-state index contributed by atoms with van der Waals surface area (Å²) in [5.41, 5.74) is 1.90. The Labute approximate surface area is 204 Å². The quantitative estimate of drug-likeness (QED) is 0.202. The van der Waals surface area contributed by atoms with Gasteiger partial charge < -0.3 is 10.4 Å². The third-order valence-corrected chi connectivity index (χ3v) is 5.72. The van der Waals surface area contributed by atoms with Crippen molar-refractivity contribution in [3.05, 3.63) is 106 Å². The number of halogens is 4. The number of aryl methyl sites for hydroxylation is 1. The van der Waals surface area contributed by atoms with Crippen molar-refractivity contribution in [1.29, 1.82) is 0 Å². The summed E-state index contributed by atoms with van der Waals surface area (Å²) in [5, 5.41) is 12.2. The first-order valence-electron chi connectivity index (χ1n) is 11.0. The third-order valence-electron chi connectivity index (χ3n) is 5.72. The number of rotatable bonds is 6. The molecule has 0 bridgehead atoms. The highest BCUT2D eigenvalue weighted by atomic mass is 19.2. The molecule has 1 aromatic heterocycles. The van der Waals surface area contributed by atoms with Crippen molar-refractivity contribution in [2.75, 3.05) is 5.32 Å². The number of hydrogen-bond donors (Lipinski definition) is 2. The highest BCUT2D eigenvalue weighted by Gasteiger charge is 2.25. The summed E-state index contributed by atoms with van der Waals surface area (Å²) in [7, 11) is 0. The summed E-state index contributed by atoms with van der Waals surface area (Å²) >= 11 is 0. The summed E-state index contributed by atoms with van der Waals surface area (Å²) in [6.07, 6.45) is -0.445. The second kappa shape index (κ2) is 10.2. The maximum absolute atomic E-state index is 14.3. The lowest BCUT2D eigenvalue weighted by Crippen LogP contribution is -2.20. The number of anilines is 1. The molecule has 4 rings (SSSR count). The van der Waals surface area contributed by atoms with E-state index in [1.165, 1.54) is 12.1 Å². The Hall–Kier alpha value is -4.27. The Morgan fingerprint density at radius 2 is 1.50 bits per heavy atom. The second-order valence-corrected chi connectivity index (χ2v) is 8.25. The first-order chi connectivity index (χ1) is 17.2. The second-order valence-electron chi connectivity index (χ2n) is 8.25. The first-order valence-corrected chi connectivity index (χ1v) is 11.0. The number of aromatic nitrogens is 2. The molecule has 0 spiro atoms. The van der Waals surface area contributed by atoms with Crippen molar-refractivity contribution < 1.29 is 27.5 Å². The fourth-order valence-electron chi connectivity index (χ4n) is 3.79. The van der Waals surface area contributed by atoms with Gasteiger partial charge in [0.15, 0.2) is 29.1 Å². The summed E-state index contributed by atoms with van der Waals surface area (Å²) in [6, 6.07) is 15.7. The van der Waals surface area contributed by atoms with Crippen molar-refractivity contribution in [2.24, 2.45) is 0 Å². The highest BCUT2D eigenvalue weighted by Crippen LogP contribution is 2.28. The maximum atomic E-state index is 14.3. The zero-order valence-corrected chi connectivity index (χ0v) is 19.4. The van der Waals surface area contributed by atoms with Crippen LogP contribution >= 0.6 is 0 Å². The third kappa shape index (κ3) is 5.05. The number of nitrogens with zero attached hydrogens (tertiary/aromatic N) is 2. The van der Waals surface area contributed by atoms with Gasteiger partial charge in [-0.05, 0) is 49.2 Å². The van der Waals surface area contributed by atoms with Gasteiger partial charge in [0.25, 0.3) is 0 Å². The summed E-state index contributed by atoms with van der Waals surface area (Å²) in [5.74, 6) is -7.67. The molecule has 9 heteroatoms. The Morgan fingerprint density at radius 1 is 0.861 bits per heavy atom. The fraction of sp³-hybridized carbons (Fsp3) is 0.148. The van der Waals surface area contributed by atoms with Crippen LogP contribution in [0.25, 0.3) is 11.3 Å². The molecule has 0 aliphatic rings. The van der Waals surface area contributed by atoms with Crippen LogP contribution in [0.2, 0.25) is 0 Å². The summed E-state index contributed by atoms with van der Waals surface area (Å²) < 4.78 is 55.5. The predicted molar refractivity (Wildman–Crippen MR) is 126 cm³/mol. The van der Waals surface area contributed by atoms with Crippen LogP contribution in [-0.4, -0.2) is 21.0 Å². The van der Waals surface area contributed by atoms with Crippen molar-refractivity contribution in [3.63, 3.8) is 0 Å². The smallest absolute Gasteiger partial charge is 0.230 e. The van der Waals surface area contributed by atoms with Crippen molar-refractivity contribution in [3.8, 4) is 17.0 Å². The minimum absolute atomic E-state index is 0.0916. The number of nitrogens with one attached hydrogen (secondary N) is 1. The average Bonchev–Trinajstić information content (AvgIpc) is 2.87. The number of carbonyl (C=O) groups excluding carboxylic acids is 1. The molecular formula is C27H21F4N3O2. The number of carbonyl (C=O) groups is 1. The van der Waals surface area contributed by atoms with E-state index in [0.717, 1.165) is 12.5 Å². The van der Waals surface area contributed by atoms with Crippen molar-refractivity contribution in [2.45, 2.75) is 26.7 Å². The molecule has 1 heterocycles. The van der Waals surface area contributed by atoms with Gasteiger partial charge in [-0.1, -0.05) is 30.3 Å². The molecule has 0 saturated carbocycles. The van der Waals surface area contributed by atoms with Gasteiger partial charge in [0.05, 0.1) is 23.5 Å². The van der Waals surface area contributed by atoms with Crippen LogP contribution in [-0.2, 0) is 17.6 Å². The van der Waals surface area contributed by atoms with Crippen LogP contribution in [0.5, 0.6) is 5.75 Å². The minimum Gasteiger partial charge on any atom is -0.508 e. The van der Waals surface area contributed by atoms with E-state index in [4.69, 9.17) is 4.98 Å². The van der Waals surface area contributed by atoms with Crippen LogP contribution in [0.1, 0.15) is 28.1 Å². The largest absolute Gasteiger partial charge is 0.508 e. The molecule has 0 atom stereocenters. The van der Waals surface area contributed by atoms with Gasteiger partial charge in [-0.2, -0.15) is 0 Å². The summed E-state index contributed by atoms with van der Waals surface area (Å²) in [6.45, 7) is 2.76. The van der Waals surface area contributed by atoms with Gasteiger partial charge in [0.2, 0.25) is 5.91 Å². The maximum Gasteiger partial charge on any atom is 0.230 e. The lowest BCUT2D eigenvalue weighted by molar-refractivity contribution is -0.115. The Morgan fingerprint density at radius 3 is 2.17 bits per heavy atom. The van der Waals surface area contributed by atoms with Crippen LogP contribution in [0.4, 0.5) is 23.4 Å². The van der Waals surface area contributed by atoms with Crippen LogP contribution < -0.4 is 5.32 Å². The lowest BCUT2D eigenvalue weighted by atomic mass is 10.0. The van der Waals surface area contributed by atoms with Gasteiger partial charge in [0.1, 0.15) is 5.75 Å². The molecule has 184 valence electrons. The van der Waals surface area contributed by atoms with E-state index >= 15 is 0 Å². The standard InChI is InChI=1S/C27H21F4N3O2/c1-14-19(23(29)25(31)24(30)22(14)28)13-21(36)34-27-20(12-16-6-4-3-5-7-16)33-26(15(2)32-27)17-8-10-18(35)11-9-17/h3-11,35H,12-13H2,1-2H3,(H,32,34,36). The van der Waals surface area contributed by atoms with E-state index in [1.807, 2.05) is 30.3 Å². The average molecular weight is 495 g/mol. The number of benzene rings is 3. The van der Waals surface area contributed by atoms with E-state index in [9.17, 15) is 27.5 Å². The van der Waals surface area contributed by atoms with E-state index in [1.54, 1.807) is 19.1 Å². The number of aromatic hydroxyl groups is 1. The molecule has 4 aromatic rings. The molecule has 36 heavy (non-hydrogen) atoms. The number of hydrogen-bond acceptors (Lipinski definition) is 4. The van der Waals surface area contributed by atoms with Crippen molar-refractivity contribution >= 4 is 11.7 Å². The summed E-state index contributed by atoms with van der Waals surface area (Å²) in [4.78, 5) is 22.0. The van der Waals surface area contributed by atoms with Crippen LogP contribution in [0.3, 0.4) is 0 Å². The minimum atomic E-state index is -1.97. The normalized spacial score (nSPS) is 10.9. The SMILES string of the molecule is Cc1nc(NC(=O)Cc2c(C)c(F)c(F)c(F)c2F)c(Cc2ccccc2)nc1-c1ccc(O)cc1. The first kappa shape index (κ1) is 24.8. The van der Waals surface area contributed by atoms with E-state index in [2.05, 4.69) is 10.3 Å². The molecule has 3 aromatic carbocycles. The monoisotopic (exact) mass is 495 g/mol. The van der Waals surface area contributed by atoms with E-state index in [0.29, 0.717) is 29.1 Å². The molecule has 0 unspecified atom stereocenters. The fourth-order valence-corrected chi connectivity index (χ4v) is 3.79. The Bertz CT molecular complexity index is 1410. The zero-order valence-electron chi connectivity index (χ0n) is 19.4. The number of amides is 1. The van der Waals surface area contributed by atoms with E-state index in [-0.39, 0.29) is 11.6 Å². The molecule has 0 fully saturated rings. The molecule has 0 radical (unpaired) electrons. The molecule has 0 saturated heterocycles. The molecule has 0 aliphatic carbocycles. The number of phenols is 1. The highest BCUT2D eigenvalue weighted by molar-refractivity contribution is 5.92. The van der Waals surface area contributed by atoms with Gasteiger partial charge in [-0.15, -0.1) is 0 Å². The van der Waals surface area contributed by atoms with Gasteiger partial charge in [-0.25, -0.2) is 27.5 Å². The van der Waals surface area contributed by atoms with Gasteiger partial charge in [0, 0.05) is 17.5 Å².